The van der Waals surface area contributed by atoms with Crippen molar-refractivity contribution in [2.45, 2.75) is 90.7 Å². The highest BCUT2D eigenvalue weighted by molar-refractivity contribution is 6.32. The van der Waals surface area contributed by atoms with Crippen molar-refractivity contribution in [3.8, 4) is 28.4 Å². The molecule has 1 fully saturated rings. The first-order chi connectivity index (χ1) is 23.5. The maximum absolute atomic E-state index is 12.7. The Kier molecular flexibility index (Phi) is 12.5. The second-order valence-electron chi connectivity index (χ2n) is 13.5. The molecule has 1 saturated heterocycles. The Morgan fingerprint density at radius 2 is 1.86 bits per heavy atom. The molecule has 1 aliphatic heterocycles. The van der Waals surface area contributed by atoms with E-state index in [1.165, 1.54) is 11.1 Å². The highest BCUT2D eigenvalue weighted by Crippen LogP contribution is 2.44. The van der Waals surface area contributed by atoms with E-state index in [2.05, 4.69) is 47.5 Å². The molecule has 0 saturated carbocycles. The van der Waals surface area contributed by atoms with Gasteiger partial charge in [0.1, 0.15) is 28.9 Å². The van der Waals surface area contributed by atoms with Crippen molar-refractivity contribution in [1.29, 1.82) is 0 Å². The van der Waals surface area contributed by atoms with Crippen LogP contribution in [0.4, 0.5) is 0 Å². The fourth-order valence-corrected chi connectivity index (χ4v) is 6.84. The minimum absolute atomic E-state index is 0.182. The molecule has 3 atom stereocenters. The molecule has 0 amide bonds. The molecule has 0 unspecified atom stereocenters. The number of hydrogen-bond donors (Lipinski definition) is 3. The van der Waals surface area contributed by atoms with Crippen molar-refractivity contribution in [2.75, 3.05) is 39.5 Å². The average molecular weight is 695 g/mol. The highest BCUT2D eigenvalue weighted by atomic mass is 35.5. The van der Waals surface area contributed by atoms with Crippen LogP contribution in [-0.2, 0) is 22.5 Å². The van der Waals surface area contributed by atoms with Gasteiger partial charge in [-0.3, -0.25) is 5.32 Å². The summed E-state index contributed by atoms with van der Waals surface area (Å²) in [4.78, 5) is 15.0. The van der Waals surface area contributed by atoms with Crippen LogP contribution in [0.1, 0.15) is 75.3 Å². The number of carbonyl (C=O) groups is 1. The minimum atomic E-state index is -1.29. The summed E-state index contributed by atoms with van der Waals surface area (Å²) in [5.41, 5.74) is 5.29. The predicted molar refractivity (Wildman–Crippen MR) is 192 cm³/mol. The van der Waals surface area contributed by atoms with E-state index >= 15 is 0 Å². The number of hydrogen-bond acceptors (Lipinski definition) is 9. The molecule has 3 N–H and O–H groups in total. The number of ether oxygens (including phenoxy) is 4. The third-order valence-corrected chi connectivity index (χ3v) is 9.67. The van der Waals surface area contributed by atoms with Crippen molar-refractivity contribution in [2.24, 2.45) is 0 Å². The number of nitrogens with zero attached hydrogens (tertiary/aromatic N) is 1. The molecule has 2 aliphatic rings. The van der Waals surface area contributed by atoms with Gasteiger partial charge in [-0.1, -0.05) is 41.9 Å². The molecule has 266 valence electrons. The summed E-state index contributed by atoms with van der Waals surface area (Å²) in [5, 5.41) is 23.4. The molecule has 0 bridgehead atoms. The Hall–Kier alpha value is -3.34. The largest absolute Gasteiger partial charge is 0.493 e. The van der Waals surface area contributed by atoms with Crippen molar-refractivity contribution in [3.05, 3.63) is 75.8 Å². The number of carbonyl (C=O) groups excluding carboxylic acids is 1. The zero-order valence-electron chi connectivity index (χ0n) is 29.4. The quantitative estimate of drug-likeness (QED) is 0.116. The number of aliphatic hydroxyl groups is 2. The number of likely N-dealkylation sites (tertiary alicyclic amines) is 1. The van der Waals surface area contributed by atoms with Gasteiger partial charge in [-0.15, -0.1) is 0 Å². The number of fused-ring (bicyclic) bond motifs is 1. The smallest absolute Gasteiger partial charge is 0.328 e. The van der Waals surface area contributed by atoms with Gasteiger partial charge < -0.3 is 34.1 Å². The number of rotatable bonds is 16. The number of β-amino-alcohol motifs (C(OH)–C–C–N with tert-alkyl or cyclic N) is 1. The summed E-state index contributed by atoms with van der Waals surface area (Å²) in [6.45, 7) is 12.7. The number of aliphatic hydroxyl groups excluding tert-OH is 2. The minimum Gasteiger partial charge on any atom is -0.493 e. The van der Waals surface area contributed by atoms with Gasteiger partial charge in [0.15, 0.2) is 0 Å². The summed E-state index contributed by atoms with van der Waals surface area (Å²) in [7, 11) is 0. The molecule has 0 aromatic heterocycles. The van der Waals surface area contributed by atoms with Crippen LogP contribution in [0.25, 0.3) is 11.1 Å². The average Bonchev–Trinajstić information content (AvgIpc) is 3.69. The molecule has 1 heterocycles. The van der Waals surface area contributed by atoms with Crippen molar-refractivity contribution < 1.29 is 34.0 Å². The van der Waals surface area contributed by atoms with Crippen LogP contribution < -0.4 is 19.5 Å². The molecule has 9 nitrogen and oxygen atoms in total. The lowest BCUT2D eigenvalue weighted by Gasteiger charge is -2.28. The summed E-state index contributed by atoms with van der Waals surface area (Å²) >= 11 is 6.81. The van der Waals surface area contributed by atoms with Crippen LogP contribution in [0, 0.1) is 6.92 Å². The van der Waals surface area contributed by atoms with Gasteiger partial charge in [-0.25, -0.2) is 4.79 Å². The van der Waals surface area contributed by atoms with Crippen molar-refractivity contribution in [3.63, 3.8) is 0 Å². The normalized spacial score (nSPS) is 18.7. The molecular weight excluding hydrogens is 644 g/mol. The van der Waals surface area contributed by atoms with Gasteiger partial charge in [0.05, 0.1) is 37.1 Å². The van der Waals surface area contributed by atoms with Gasteiger partial charge in [-0.05, 0) is 100 Å². The van der Waals surface area contributed by atoms with E-state index in [1.54, 1.807) is 26.8 Å². The van der Waals surface area contributed by atoms with Gasteiger partial charge >= 0.3 is 5.97 Å². The van der Waals surface area contributed by atoms with Gasteiger partial charge in [-0.2, -0.15) is 0 Å². The Labute approximate surface area is 295 Å². The Morgan fingerprint density at radius 3 is 2.57 bits per heavy atom. The van der Waals surface area contributed by atoms with E-state index in [9.17, 15) is 15.0 Å². The van der Waals surface area contributed by atoms with Gasteiger partial charge in [0.25, 0.3) is 0 Å². The predicted octanol–water partition coefficient (Wildman–Crippen LogP) is 6.41. The fraction of sp³-hybridized carbons (Fsp3) is 0.513. The van der Waals surface area contributed by atoms with Crippen LogP contribution in [-0.4, -0.2) is 78.3 Å². The Bertz CT molecular complexity index is 1600. The number of halogens is 1. The summed E-state index contributed by atoms with van der Waals surface area (Å²) in [6.07, 6.45) is 2.76. The van der Waals surface area contributed by atoms with E-state index in [-0.39, 0.29) is 24.9 Å². The van der Waals surface area contributed by atoms with E-state index in [4.69, 9.17) is 30.5 Å². The van der Waals surface area contributed by atoms with Crippen LogP contribution in [0.15, 0.2) is 48.5 Å². The van der Waals surface area contributed by atoms with E-state index in [0.29, 0.717) is 29.7 Å². The second kappa shape index (κ2) is 16.6. The number of esters is 1. The van der Waals surface area contributed by atoms with Crippen molar-refractivity contribution >= 4 is 17.6 Å². The highest BCUT2D eigenvalue weighted by Gasteiger charge is 2.35. The Morgan fingerprint density at radius 1 is 1.08 bits per heavy atom. The molecule has 1 aliphatic carbocycles. The summed E-state index contributed by atoms with van der Waals surface area (Å²) in [5.74, 6) is 1.47. The van der Waals surface area contributed by atoms with Crippen LogP contribution >= 0.6 is 11.6 Å². The molecule has 0 spiro atoms. The maximum Gasteiger partial charge on any atom is 0.328 e. The standard InChI is InChI=1S/C39H51ClN2O7/c1-6-46-36-21-37(33(40)20-27(36)22-41-39(5,24-43)38(45)48-25(2)3)49-35-15-14-31-30(11-7-12-32(31)35)29-10-8-13-34(26(29)4)47-19-9-17-42-18-16-28(44)23-42/h7-8,10-13,20-21,25,28,35,41,43-44H,6,9,14-19,22-24H2,1-5H3/t28-,35+,39+/m1/s1. The van der Waals surface area contributed by atoms with Crippen molar-refractivity contribution in [1.82, 2.24) is 10.2 Å². The lowest BCUT2D eigenvalue weighted by atomic mass is 9.93. The molecule has 3 aromatic rings. The monoisotopic (exact) mass is 694 g/mol. The van der Waals surface area contributed by atoms with Crippen LogP contribution in [0.2, 0.25) is 5.02 Å². The zero-order valence-corrected chi connectivity index (χ0v) is 30.1. The lowest BCUT2D eigenvalue weighted by molar-refractivity contribution is -0.156. The Balaban J connectivity index is 1.29. The van der Waals surface area contributed by atoms with E-state index in [1.807, 2.05) is 19.1 Å². The first-order valence-electron chi connectivity index (χ1n) is 17.5. The van der Waals surface area contributed by atoms with Gasteiger partial charge in [0.2, 0.25) is 0 Å². The zero-order chi connectivity index (χ0) is 35.1. The molecular formula is C39H51ClN2O7. The SMILES string of the molecule is CCOc1cc(O[C@H]2CCc3c(-c4cccc(OCCCN5CC[C@@H](O)C5)c4C)cccc32)c(Cl)cc1CN[C@@](C)(CO)C(=O)OC(C)C. The number of benzene rings is 3. The molecule has 49 heavy (non-hydrogen) atoms. The third kappa shape index (κ3) is 8.88. The van der Waals surface area contributed by atoms with Gasteiger partial charge in [0, 0.05) is 37.8 Å². The summed E-state index contributed by atoms with van der Waals surface area (Å²) in [6, 6.07) is 16.2. The molecule has 0 radical (unpaired) electrons. The molecule has 3 aromatic carbocycles. The van der Waals surface area contributed by atoms with E-state index in [0.717, 1.165) is 73.3 Å². The lowest BCUT2D eigenvalue weighted by Crippen LogP contribution is -2.53. The van der Waals surface area contributed by atoms with Crippen LogP contribution in [0.5, 0.6) is 17.2 Å². The molecule has 10 heteroatoms. The third-order valence-electron chi connectivity index (χ3n) is 9.38. The van der Waals surface area contributed by atoms with Crippen LogP contribution in [0.3, 0.4) is 0 Å². The maximum atomic E-state index is 12.7. The van der Waals surface area contributed by atoms with E-state index < -0.39 is 18.1 Å². The first kappa shape index (κ1) is 36.9. The first-order valence-corrected chi connectivity index (χ1v) is 17.8. The second-order valence-corrected chi connectivity index (χ2v) is 13.9. The number of nitrogens with one attached hydrogen (secondary N) is 1. The summed E-state index contributed by atoms with van der Waals surface area (Å²) < 4.78 is 24.2. The topological polar surface area (TPSA) is 110 Å². The fourth-order valence-electron chi connectivity index (χ4n) is 6.61. The molecule has 5 rings (SSSR count).